The fourth-order valence-corrected chi connectivity index (χ4v) is 2.61. The normalized spacial score (nSPS) is 22.2. The zero-order valence-electron chi connectivity index (χ0n) is 11.5. The van der Waals surface area contributed by atoms with E-state index in [0.29, 0.717) is 19.6 Å². The number of aliphatic carboxylic acids is 1. The molecule has 0 spiro atoms. The first-order valence-corrected chi connectivity index (χ1v) is 6.68. The van der Waals surface area contributed by atoms with E-state index < -0.39 is 17.8 Å². The van der Waals surface area contributed by atoms with Gasteiger partial charge in [-0.15, -0.1) is 0 Å². The summed E-state index contributed by atoms with van der Waals surface area (Å²) in [6.45, 7) is 1.15. The Hall–Kier alpha value is -1.88. The maximum absolute atomic E-state index is 12.3. The van der Waals surface area contributed by atoms with Crippen molar-refractivity contribution >= 4 is 11.9 Å². The van der Waals surface area contributed by atoms with Crippen molar-refractivity contribution in [3.8, 4) is 0 Å². The molecule has 1 aromatic carbocycles. The maximum atomic E-state index is 12.3. The van der Waals surface area contributed by atoms with Gasteiger partial charge in [0.2, 0.25) is 5.91 Å². The lowest BCUT2D eigenvalue weighted by atomic mass is 9.89. The summed E-state index contributed by atoms with van der Waals surface area (Å²) in [4.78, 5) is 25.3. The van der Waals surface area contributed by atoms with E-state index >= 15 is 0 Å². The molecule has 1 amide bonds. The van der Waals surface area contributed by atoms with Crippen LogP contribution in [0.3, 0.4) is 0 Å². The highest BCUT2D eigenvalue weighted by Gasteiger charge is 2.43. The second kappa shape index (κ2) is 6.52. The third-order valence-corrected chi connectivity index (χ3v) is 3.71. The summed E-state index contributed by atoms with van der Waals surface area (Å²) in [5, 5.41) is 9.31. The lowest BCUT2D eigenvalue weighted by Crippen LogP contribution is -2.31. The van der Waals surface area contributed by atoms with E-state index in [1.54, 1.807) is 12.0 Å². The van der Waals surface area contributed by atoms with Gasteiger partial charge < -0.3 is 14.7 Å². The van der Waals surface area contributed by atoms with Gasteiger partial charge in [-0.3, -0.25) is 9.59 Å². The third kappa shape index (κ3) is 3.17. The number of carboxylic acids is 1. The van der Waals surface area contributed by atoms with Gasteiger partial charge in [0.05, 0.1) is 18.4 Å². The van der Waals surface area contributed by atoms with Crippen molar-refractivity contribution in [1.29, 1.82) is 0 Å². The lowest BCUT2D eigenvalue weighted by molar-refractivity contribution is -0.144. The molecule has 0 bridgehead atoms. The second-order valence-corrected chi connectivity index (χ2v) is 5.02. The predicted octanol–water partition coefficient (Wildman–Crippen LogP) is 1.03. The second-order valence-electron chi connectivity index (χ2n) is 5.02. The van der Waals surface area contributed by atoms with Gasteiger partial charge in [-0.2, -0.15) is 0 Å². The summed E-state index contributed by atoms with van der Waals surface area (Å²) in [6.07, 6.45) is 0.472. The highest BCUT2D eigenvalue weighted by Crippen LogP contribution is 2.28. The Morgan fingerprint density at radius 1 is 1.40 bits per heavy atom. The number of hydrogen-bond acceptors (Lipinski definition) is 3. The van der Waals surface area contributed by atoms with Crippen molar-refractivity contribution in [3.05, 3.63) is 35.9 Å². The summed E-state index contributed by atoms with van der Waals surface area (Å²) in [7, 11) is 1.57. The van der Waals surface area contributed by atoms with Crippen LogP contribution in [0, 0.1) is 11.8 Å². The number of rotatable bonds is 6. The van der Waals surface area contributed by atoms with Crippen LogP contribution in [0.2, 0.25) is 0 Å². The Morgan fingerprint density at radius 3 is 2.70 bits per heavy atom. The van der Waals surface area contributed by atoms with E-state index in [1.165, 1.54) is 0 Å². The highest BCUT2D eigenvalue weighted by atomic mass is 16.5. The molecule has 0 saturated carbocycles. The Kier molecular flexibility index (Phi) is 4.74. The fourth-order valence-electron chi connectivity index (χ4n) is 2.61. The Bertz CT molecular complexity index is 474. The molecule has 0 unspecified atom stereocenters. The van der Waals surface area contributed by atoms with Crippen LogP contribution in [-0.4, -0.2) is 48.7 Å². The number of carbonyl (C=O) groups is 2. The Labute approximate surface area is 118 Å². The summed E-state index contributed by atoms with van der Waals surface area (Å²) in [6, 6.07) is 9.54. The van der Waals surface area contributed by atoms with Crippen LogP contribution in [0.25, 0.3) is 0 Å². The number of amides is 1. The van der Waals surface area contributed by atoms with E-state index in [1.807, 2.05) is 30.3 Å². The van der Waals surface area contributed by atoms with Gasteiger partial charge in [0.1, 0.15) is 0 Å². The Morgan fingerprint density at radius 2 is 2.10 bits per heavy atom. The van der Waals surface area contributed by atoms with Crippen LogP contribution in [0.4, 0.5) is 0 Å². The van der Waals surface area contributed by atoms with Crippen LogP contribution in [0.15, 0.2) is 30.3 Å². The minimum Gasteiger partial charge on any atom is -0.481 e. The van der Waals surface area contributed by atoms with Gasteiger partial charge in [-0.1, -0.05) is 30.3 Å². The molecule has 0 radical (unpaired) electrons. The molecule has 5 nitrogen and oxygen atoms in total. The van der Waals surface area contributed by atoms with E-state index in [4.69, 9.17) is 4.74 Å². The number of likely N-dealkylation sites (tertiary alicyclic amines) is 1. The molecule has 108 valence electrons. The first-order chi connectivity index (χ1) is 9.63. The minimum absolute atomic E-state index is 0.0849. The van der Waals surface area contributed by atoms with Crippen molar-refractivity contribution in [2.75, 3.05) is 26.8 Å². The topological polar surface area (TPSA) is 66.8 Å². The smallest absolute Gasteiger partial charge is 0.309 e. The van der Waals surface area contributed by atoms with E-state index in [2.05, 4.69) is 0 Å². The first kappa shape index (κ1) is 14.5. The molecule has 0 aliphatic carbocycles. The average molecular weight is 277 g/mol. The number of carbonyl (C=O) groups excluding carboxylic acids is 1. The first-order valence-electron chi connectivity index (χ1n) is 6.68. The van der Waals surface area contributed by atoms with Gasteiger partial charge in [0, 0.05) is 20.2 Å². The van der Waals surface area contributed by atoms with Crippen molar-refractivity contribution in [2.24, 2.45) is 11.8 Å². The van der Waals surface area contributed by atoms with E-state index in [9.17, 15) is 14.7 Å². The molecule has 5 heteroatoms. The number of carboxylic acid groups (broad SMARTS) is 1. The monoisotopic (exact) mass is 277 g/mol. The predicted molar refractivity (Wildman–Crippen MR) is 73.2 cm³/mol. The van der Waals surface area contributed by atoms with Gasteiger partial charge in [-0.05, 0) is 12.0 Å². The molecule has 1 heterocycles. The molecule has 1 aliphatic heterocycles. The molecule has 0 aromatic heterocycles. The van der Waals surface area contributed by atoms with Crippen molar-refractivity contribution < 1.29 is 19.4 Å². The fraction of sp³-hybridized carbons (Fsp3) is 0.467. The van der Waals surface area contributed by atoms with Crippen molar-refractivity contribution in [1.82, 2.24) is 4.90 Å². The summed E-state index contributed by atoms with van der Waals surface area (Å²) >= 11 is 0. The van der Waals surface area contributed by atoms with Gasteiger partial charge in [0.15, 0.2) is 0 Å². The summed E-state index contributed by atoms with van der Waals surface area (Å²) < 4.78 is 4.96. The molecule has 2 atom stereocenters. The number of hydrogen-bond donors (Lipinski definition) is 1. The highest BCUT2D eigenvalue weighted by molar-refractivity contribution is 5.88. The van der Waals surface area contributed by atoms with Crippen LogP contribution in [-0.2, 0) is 20.7 Å². The largest absolute Gasteiger partial charge is 0.481 e. The minimum atomic E-state index is -0.904. The molecular weight excluding hydrogens is 258 g/mol. The van der Waals surface area contributed by atoms with Crippen molar-refractivity contribution in [3.63, 3.8) is 0 Å². The molecule has 1 aromatic rings. The lowest BCUT2D eigenvalue weighted by Gasteiger charge is -2.15. The van der Waals surface area contributed by atoms with E-state index in [0.717, 1.165) is 5.56 Å². The van der Waals surface area contributed by atoms with Crippen LogP contribution in [0.5, 0.6) is 0 Å². The van der Waals surface area contributed by atoms with Crippen LogP contribution >= 0.6 is 0 Å². The molecule has 2 rings (SSSR count). The van der Waals surface area contributed by atoms with Crippen molar-refractivity contribution in [2.45, 2.75) is 6.42 Å². The average Bonchev–Trinajstić information content (AvgIpc) is 2.75. The Balaban J connectivity index is 2.11. The van der Waals surface area contributed by atoms with Gasteiger partial charge in [-0.25, -0.2) is 0 Å². The van der Waals surface area contributed by atoms with Crippen LogP contribution < -0.4 is 0 Å². The van der Waals surface area contributed by atoms with Gasteiger partial charge >= 0.3 is 5.97 Å². The standard InChI is InChI=1S/C15H19NO4/c1-20-8-7-16-10-13(15(18)19)12(14(16)17)9-11-5-3-2-4-6-11/h2-6,12-13H,7-10H2,1H3,(H,18,19)/t12-,13+/m1/s1. The molecule has 1 aliphatic rings. The molecule has 20 heavy (non-hydrogen) atoms. The molecule has 1 fully saturated rings. The quantitative estimate of drug-likeness (QED) is 0.843. The van der Waals surface area contributed by atoms with Gasteiger partial charge in [0.25, 0.3) is 0 Å². The number of methoxy groups -OCH3 is 1. The number of benzene rings is 1. The zero-order chi connectivity index (χ0) is 14.5. The number of ether oxygens (including phenoxy) is 1. The number of nitrogens with zero attached hydrogens (tertiary/aromatic N) is 1. The van der Waals surface area contributed by atoms with E-state index in [-0.39, 0.29) is 12.5 Å². The summed E-state index contributed by atoms with van der Waals surface area (Å²) in [5.41, 5.74) is 0.991. The van der Waals surface area contributed by atoms with Crippen LogP contribution in [0.1, 0.15) is 5.56 Å². The third-order valence-electron chi connectivity index (χ3n) is 3.71. The molecule has 1 saturated heterocycles. The SMILES string of the molecule is COCCN1C[C@H](C(=O)O)[C@@H](Cc2ccccc2)C1=O. The maximum Gasteiger partial charge on any atom is 0.309 e. The molecule has 1 N–H and O–H groups in total. The zero-order valence-corrected chi connectivity index (χ0v) is 11.5. The molecular formula is C15H19NO4. The summed E-state index contributed by atoms with van der Waals surface area (Å²) in [5.74, 6) is -2.11.